The molecule has 0 aliphatic heterocycles. The number of furan rings is 2. The Bertz CT molecular complexity index is 3860. The fourth-order valence-electron chi connectivity index (χ4n) is 9.66. The first-order chi connectivity index (χ1) is 30.7. The summed E-state index contributed by atoms with van der Waals surface area (Å²) in [4.78, 5) is 2.34. The maximum atomic E-state index is 6.92. The van der Waals surface area contributed by atoms with Gasteiger partial charge in [-0.15, -0.1) is 11.3 Å². The van der Waals surface area contributed by atoms with Crippen LogP contribution in [-0.4, -0.2) is 0 Å². The molecule has 0 saturated heterocycles. The van der Waals surface area contributed by atoms with Gasteiger partial charge >= 0.3 is 0 Å². The van der Waals surface area contributed by atoms with Crippen molar-refractivity contribution < 1.29 is 8.83 Å². The second kappa shape index (κ2) is 13.8. The van der Waals surface area contributed by atoms with Crippen LogP contribution in [-0.2, 0) is 0 Å². The zero-order chi connectivity index (χ0) is 40.7. The second-order valence-electron chi connectivity index (χ2n) is 16.0. The summed E-state index contributed by atoms with van der Waals surface area (Å²) in [7, 11) is 0. The third kappa shape index (κ3) is 5.37. The summed E-state index contributed by atoms with van der Waals surface area (Å²) in [6.45, 7) is 0. The fraction of sp³-hybridized carbons (Fsp3) is 0. The normalized spacial score (nSPS) is 11.9. The Balaban J connectivity index is 1.07. The van der Waals surface area contributed by atoms with Crippen molar-refractivity contribution in [3.05, 3.63) is 212 Å². The number of rotatable bonds is 6. The first kappa shape index (κ1) is 34.9. The summed E-state index contributed by atoms with van der Waals surface area (Å²) >= 11 is 1.87. The maximum absolute atomic E-state index is 6.92. The van der Waals surface area contributed by atoms with Crippen molar-refractivity contribution in [2.75, 3.05) is 4.90 Å². The van der Waals surface area contributed by atoms with E-state index in [1.165, 1.54) is 42.1 Å². The molecule has 0 unspecified atom stereocenters. The highest BCUT2D eigenvalue weighted by molar-refractivity contribution is 7.26. The zero-order valence-electron chi connectivity index (χ0n) is 33.4. The lowest BCUT2D eigenvalue weighted by Crippen LogP contribution is -2.10. The van der Waals surface area contributed by atoms with Crippen molar-refractivity contribution in [3.63, 3.8) is 0 Å². The highest BCUT2D eigenvalue weighted by Crippen LogP contribution is 2.49. The Kier molecular flexibility index (Phi) is 7.78. The molecule has 290 valence electrons. The van der Waals surface area contributed by atoms with Crippen molar-refractivity contribution in [1.29, 1.82) is 0 Å². The van der Waals surface area contributed by atoms with Crippen LogP contribution in [0.1, 0.15) is 0 Å². The Morgan fingerprint density at radius 3 is 1.81 bits per heavy atom. The van der Waals surface area contributed by atoms with Crippen LogP contribution in [0.3, 0.4) is 0 Å². The van der Waals surface area contributed by atoms with Gasteiger partial charge in [0, 0.05) is 58.5 Å². The van der Waals surface area contributed by atoms with Crippen molar-refractivity contribution in [3.8, 4) is 33.4 Å². The van der Waals surface area contributed by atoms with Crippen molar-refractivity contribution in [2.24, 2.45) is 0 Å². The molecule has 0 N–H and O–H groups in total. The average Bonchev–Trinajstić information content (AvgIpc) is 4.04. The van der Waals surface area contributed by atoms with Crippen LogP contribution >= 0.6 is 11.3 Å². The fourth-order valence-corrected chi connectivity index (χ4v) is 10.9. The molecule has 3 aromatic heterocycles. The van der Waals surface area contributed by atoms with Gasteiger partial charge in [0.1, 0.15) is 16.7 Å². The first-order valence-electron chi connectivity index (χ1n) is 21.0. The summed E-state index contributed by atoms with van der Waals surface area (Å²) < 4.78 is 16.3. The van der Waals surface area contributed by atoms with E-state index >= 15 is 0 Å². The van der Waals surface area contributed by atoms with E-state index in [2.05, 4.69) is 211 Å². The van der Waals surface area contributed by atoms with Gasteiger partial charge in [-0.1, -0.05) is 152 Å². The lowest BCUT2D eigenvalue weighted by atomic mass is 9.92. The summed E-state index contributed by atoms with van der Waals surface area (Å²) in [6.07, 6.45) is 0. The van der Waals surface area contributed by atoms with Gasteiger partial charge in [-0.05, 0) is 99.4 Å². The number of nitrogens with zero attached hydrogens (tertiary/aromatic N) is 1. The summed E-state index contributed by atoms with van der Waals surface area (Å²) in [5.74, 6) is 0. The molecule has 0 fully saturated rings. The van der Waals surface area contributed by atoms with E-state index < -0.39 is 0 Å². The van der Waals surface area contributed by atoms with Crippen LogP contribution in [0.25, 0.3) is 108 Å². The van der Waals surface area contributed by atoms with Gasteiger partial charge in [-0.2, -0.15) is 0 Å². The number of fused-ring (bicyclic) bond motifs is 11. The number of benzene rings is 10. The molecule has 0 radical (unpaired) electrons. The predicted molar refractivity (Wildman–Crippen MR) is 262 cm³/mol. The molecule has 0 saturated carbocycles. The first-order valence-corrected chi connectivity index (χ1v) is 21.8. The Morgan fingerprint density at radius 1 is 0.339 bits per heavy atom. The minimum atomic E-state index is 0.834. The molecule has 0 bridgehead atoms. The van der Waals surface area contributed by atoms with Crippen LogP contribution in [0.15, 0.2) is 221 Å². The van der Waals surface area contributed by atoms with Crippen molar-refractivity contribution in [2.45, 2.75) is 0 Å². The molecule has 0 spiro atoms. The lowest BCUT2D eigenvalue weighted by Gasteiger charge is -2.26. The molecule has 10 aromatic carbocycles. The Hall–Kier alpha value is -7.92. The Labute approximate surface area is 360 Å². The molecular formula is C58H35NO2S. The van der Waals surface area contributed by atoms with E-state index in [4.69, 9.17) is 8.83 Å². The molecule has 13 aromatic rings. The highest BCUT2D eigenvalue weighted by atomic mass is 32.1. The van der Waals surface area contributed by atoms with E-state index in [0.717, 1.165) is 83.2 Å². The van der Waals surface area contributed by atoms with Crippen LogP contribution in [0.4, 0.5) is 17.1 Å². The van der Waals surface area contributed by atoms with Gasteiger partial charge in [-0.3, -0.25) is 0 Å². The van der Waals surface area contributed by atoms with Gasteiger partial charge in [0.2, 0.25) is 0 Å². The molecule has 0 atom stereocenters. The molecule has 0 aliphatic carbocycles. The number of hydrogen-bond donors (Lipinski definition) is 0. The van der Waals surface area contributed by atoms with E-state index in [1.54, 1.807) is 0 Å². The number of para-hydroxylation sites is 1. The standard InChI is InChI=1S/C58H35NO2S/c1-3-14-36(15-4-1)37-26-28-39(29-27-37)59(50-32-31-41(38-16-5-2-6-17-38)56-46-21-9-11-23-51(46)61-57(50)56)40-30-33-52-49(34-40)55-44(22-13-24-53(55)60-52)47-35-48-43-19-10-12-25-54(43)62-58(48)45-20-8-7-18-42(45)47/h1-35H. The van der Waals surface area contributed by atoms with E-state index in [1.807, 2.05) is 17.4 Å². The molecule has 0 amide bonds. The van der Waals surface area contributed by atoms with Crippen LogP contribution < -0.4 is 4.90 Å². The van der Waals surface area contributed by atoms with E-state index in [9.17, 15) is 0 Å². The van der Waals surface area contributed by atoms with Gasteiger partial charge in [0.05, 0.1) is 5.69 Å². The van der Waals surface area contributed by atoms with Crippen LogP contribution in [0.2, 0.25) is 0 Å². The quantitative estimate of drug-likeness (QED) is 0.168. The molecule has 62 heavy (non-hydrogen) atoms. The summed E-state index contributed by atoms with van der Waals surface area (Å²) in [5, 5.41) is 9.41. The monoisotopic (exact) mass is 809 g/mol. The third-order valence-electron chi connectivity index (χ3n) is 12.5. The zero-order valence-corrected chi connectivity index (χ0v) is 34.2. The predicted octanol–water partition coefficient (Wildman–Crippen LogP) is 17.5. The smallest absolute Gasteiger partial charge is 0.160 e. The Morgan fingerprint density at radius 2 is 0.984 bits per heavy atom. The SMILES string of the molecule is c1ccc(-c2ccc(N(c3ccc4oc5cccc(-c6cc7c8ccccc8sc7c7ccccc67)c5c4c3)c3ccc(-c4ccccc4)c4c3oc3ccccc34)cc2)cc1. The van der Waals surface area contributed by atoms with E-state index in [0.29, 0.717) is 0 Å². The summed E-state index contributed by atoms with van der Waals surface area (Å²) in [6, 6.07) is 75.9. The van der Waals surface area contributed by atoms with Crippen molar-refractivity contribution >= 4 is 103 Å². The second-order valence-corrected chi connectivity index (χ2v) is 17.0. The van der Waals surface area contributed by atoms with Gasteiger partial charge in [-0.25, -0.2) is 0 Å². The lowest BCUT2D eigenvalue weighted by molar-refractivity contribution is 0.669. The minimum absolute atomic E-state index is 0.834. The number of anilines is 3. The largest absolute Gasteiger partial charge is 0.456 e. The molecule has 13 rings (SSSR count). The minimum Gasteiger partial charge on any atom is -0.456 e. The van der Waals surface area contributed by atoms with E-state index in [-0.39, 0.29) is 0 Å². The van der Waals surface area contributed by atoms with Crippen LogP contribution in [0, 0.1) is 0 Å². The maximum Gasteiger partial charge on any atom is 0.160 e. The number of thiophene rings is 1. The molecule has 4 heteroatoms. The van der Waals surface area contributed by atoms with Gasteiger partial charge < -0.3 is 13.7 Å². The summed E-state index contributed by atoms with van der Waals surface area (Å²) in [5.41, 5.74) is 13.3. The molecule has 0 aliphatic rings. The average molecular weight is 810 g/mol. The van der Waals surface area contributed by atoms with Crippen molar-refractivity contribution in [1.82, 2.24) is 0 Å². The van der Waals surface area contributed by atoms with Gasteiger partial charge in [0.25, 0.3) is 0 Å². The molecule has 3 nitrogen and oxygen atoms in total. The topological polar surface area (TPSA) is 29.5 Å². The highest BCUT2D eigenvalue weighted by Gasteiger charge is 2.24. The molecular weight excluding hydrogens is 775 g/mol. The third-order valence-corrected chi connectivity index (χ3v) is 13.7. The molecule has 3 heterocycles. The number of hydrogen-bond acceptors (Lipinski definition) is 4. The van der Waals surface area contributed by atoms with Crippen LogP contribution in [0.5, 0.6) is 0 Å². The van der Waals surface area contributed by atoms with Gasteiger partial charge in [0.15, 0.2) is 5.58 Å².